The summed E-state index contributed by atoms with van der Waals surface area (Å²) >= 11 is 0. The van der Waals surface area contributed by atoms with Gasteiger partial charge in [0.25, 0.3) is 0 Å². The molecule has 0 bridgehead atoms. The maximum Gasteiger partial charge on any atom is 0.472 e. The number of ether oxygens (including phenoxy) is 3. The van der Waals surface area contributed by atoms with Crippen LogP contribution in [-0.4, -0.2) is 95.9 Å². The zero-order valence-electron chi connectivity index (χ0n) is 69.3. The van der Waals surface area contributed by atoms with Gasteiger partial charge >= 0.3 is 33.6 Å². The minimum absolute atomic E-state index is 0.0571. The molecule has 0 spiro atoms. The number of allylic oxidation sites excluding steroid dienone is 30. The molecule has 0 heterocycles. The normalized spacial score (nSPS) is 14.8. The van der Waals surface area contributed by atoms with Gasteiger partial charge in [-0.1, -0.05) is 331 Å². The second kappa shape index (κ2) is 84.1. The molecule has 0 amide bonds. The van der Waals surface area contributed by atoms with Gasteiger partial charge in [0, 0.05) is 19.3 Å². The van der Waals surface area contributed by atoms with Crippen molar-refractivity contribution in [3.05, 3.63) is 182 Å². The third kappa shape index (κ3) is 85.4. The fourth-order valence-electron chi connectivity index (χ4n) is 11.1. The number of phosphoric ester groups is 2. The van der Waals surface area contributed by atoms with E-state index < -0.39 is 91.5 Å². The molecule has 0 aliphatic rings. The van der Waals surface area contributed by atoms with E-state index in [-0.39, 0.29) is 19.3 Å². The molecule has 0 aromatic carbocycles. The third-order valence-corrected chi connectivity index (χ3v) is 19.5. The summed E-state index contributed by atoms with van der Waals surface area (Å²) in [5, 5.41) is 20.7. The number of aliphatic hydroxyl groups is 2. The summed E-state index contributed by atoms with van der Waals surface area (Å²) in [6.07, 6.45) is 109. The lowest BCUT2D eigenvalue weighted by atomic mass is 10.0. The van der Waals surface area contributed by atoms with Crippen molar-refractivity contribution in [1.29, 1.82) is 0 Å². The van der Waals surface area contributed by atoms with Crippen LogP contribution in [-0.2, 0) is 55.8 Å². The quantitative estimate of drug-likeness (QED) is 0.0146. The van der Waals surface area contributed by atoms with Gasteiger partial charge in [0.15, 0.2) is 6.10 Å². The number of hydrogen-bond acceptors (Lipinski definition) is 14. The first-order valence-electron chi connectivity index (χ1n) is 43.1. The number of rotatable bonds is 80. The van der Waals surface area contributed by atoms with Crippen LogP contribution >= 0.6 is 15.6 Å². The van der Waals surface area contributed by atoms with Crippen LogP contribution in [0, 0.1) is 0 Å². The number of carbonyl (C=O) groups excluding carboxylic acids is 3. The van der Waals surface area contributed by atoms with Gasteiger partial charge in [0.2, 0.25) is 0 Å². The molecule has 0 saturated carbocycles. The van der Waals surface area contributed by atoms with Crippen molar-refractivity contribution < 1.29 is 75.8 Å². The van der Waals surface area contributed by atoms with E-state index in [1.54, 1.807) is 0 Å². The summed E-state index contributed by atoms with van der Waals surface area (Å²) in [5.74, 6) is -1.63. The maximum absolute atomic E-state index is 13.0. The summed E-state index contributed by atoms with van der Waals surface area (Å²) < 4.78 is 61.3. The molecule has 0 rings (SSSR count). The molecular formula is C93H154O16P2. The van der Waals surface area contributed by atoms with Crippen LogP contribution in [0.25, 0.3) is 0 Å². The van der Waals surface area contributed by atoms with E-state index in [1.165, 1.54) is 89.9 Å². The smallest absolute Gasteiger partial charge is 0.463 e. The molecule has 0 fully saturated rings. The summed E-state index contributed by atoms with van der Waals surface area (Å²) in [5.41, 5.74) is 0. The molecule has 0 saturated heterocycles. The first-order chi connectivity index (χ1) is 54.2. The molecule has 0 aromatic heterocycles. The number of esters is 3. The lowest BCUT2D eigenvalue weighted by Crippen LogP contribution is -2.30. The van der Waals surface area contributed by atoms with Crippen molar-refractivity contribution in [3.8, 4) is 0 Å². The summed E-state index contributed by atoms with van der Waals surface area (Å²) in [6, 6.07) is 0. The van der Waals surface area contributed by atoms with Gasteiger partial charge in [0.05, 0.1) is 26.4 Å². The molecule has 632 valence electrons. The van der Waals surface area contributed by atoms with Crippen LogP contribution in [0.3, 0.4) is 0 Å². The molecule has 16 nitrogen and oxygen atoms in total. The Morgan fingerprint density at radius 3 is 0.766 bits per heavy atom. The molecule has 0 aromatic rings. The van der Waals surface area contributed by atoms with Gasteiger partial charge in [-0.25, -0.2) is 9.13 Å². The lowest BCUT2D eigenvalue weighted by molar-refractivity contribution is -0.161. The maximum atomic E-state index is 13.0. The number of unbranched alkanes of at least 4 members (excludes halogenated alkanes) is 27. The van der Waals surface area contributed by atoms with E-state index in [0.29, 0.717) is 19.3 Å². The Morgan fingerprint density at radius 2 is 0.477 bits per heavy atom. The van der Waals surface area contributed by atoms with E-state index in [0.717, 1.165) is 180 Å². The van der Waals surface area contributed by atoms with Crippen molar-refractivity contribution >= 4 is 33.6 Å². The second-order valence-electron chi connectivity index (χ2n) is 28.2. The zero-order valence-corrected chi connectivity index (χ0v) is 71.1. The van der Waals surface area contributed by atoms with Crippen LogP contribution in [0.5, 0.6) is 0 Å². The predicted molar refractivity (Wildman–Crippen MR) is 463 cm³/mol. The van der Waals surface area contributed by atoms with Crippen molar-refractivity contribution in [1.82, 2.24) is 0 Å². The Balaban J connectivity index is 4.58. The molecule has 111 heavy (non-hydrogen) atoms. The molecule has 5 unspecified atom stereocenters. The van der Waals surface area contributed by atoms with Crippen molar-refractivity contribution in [2.75, 3.05) is 39.6 Å². The SMILES string of the molecule is CC/C=C\C/C=C\C/C=C\C/C=C\C/C=C\C/C=C\CCCCCCCCCCCCCCCCC(=O)OCC(O)COP(=O)(O)OCC(O)COP(=O)(O)OCC(COC(=O)CCCCCCCCC/C=C\C/C=C\C/C=C\C/C=C\CCCCC)OC(=O)CCCCC/C=C\C/C=C\C/C=C\C/C=C\C/C=C\CC. The van der Waals surface area contributed by atoms with Crippen LogP contribution < -0.4 is 0 Å². The van der Waals surface area contributed by atoms with Crippen LogP contribution in [0.2, 0.25) is 0 Å². The Kier molecular flexibility index (Phi) is 80.0. The highest BCUT2D eigenvalue weighted by molar-refractivity contribution is 7.47. The Labute approximate surface area is 675 Å². The Morgan fingerprint density at radius 1 is 0.261 bits per heavy atom. The molecule has 0 radical (unpaired) electrons. The van der Waals surface area contributed by atoms with E-state index >= 15 is 0 Å². The third-order valence-electron chi connectivity index (χ3n) is 17.6. The van der Waals surface area contributed by atoms with Crippen molar-refractivity contribution in [2.45, 2.75) is 347 Å². The van der Waals surface area contributed by atoms with Crippen molar-refractivity contribution in [2.24, 2.45) is 0 Å². The zero-order chi connectivity index (χ0) is 80.8. The standard InChI is InChI=1S/C93H154O16P2/c1-4-7-10-13-16-19-22-25-28-31-34-36-38-39-40-41-42-43-44-45-46-47-49-51-53-55-58-61-64-67-70-73-76-79-91(96)103-82-88(94)83-105-110(99,100)106-84-89(95)85-107-111(101,102)108-87-90(109-93(98)81-78-75-72-69-66-63-60-57-52-33-30-27-24-21-18-15-12-9-6-3)86-104-92(97)80-77-74-71-68-65-62-59-56-54-50-48-37-35-32-29-26-23-20-17-14-11-8-5-2/h7,9-10,12,16-21,25-30,34-37,39-40,42-43,50,52,54,57,63,66,88-90,94-95H,4-6,8,11,13-15,22-24,31-33,38,41,44-49,51,53,55-56,58-62,64-65,67-87H2,1-3H3,(H,99,100)(H,101,102)/b10-7-,12-9-,19-16-,20-17-,21-18-,28-25-,29-26-,30-27-,36-34-,37-35-,40-39-,43-42-,54-50-,57-52-,66-63-. The molecule has 0 aliphatic carbocycles. The van der Waals surface area contributed by atoms with E-state index in [9.17, 15) is 43.5 Å². The van der Waals surface area contributed by atoms with Crippen LogP contribution in [0.4, 0.5) is 0 Å². The summed E-state index contributed by atoms with van der Waals surface area (Å²) in [7, 11) is -9.82. The topological polar surface area (TPSA) is 231 Å². The predicted octanol–water partition coefficient (Wildman–Crippen LogP) is 26.1. The number of hydrogen-bond donors (Lipinski definition) is 4. The fraction of sp³-hybridized carbons (Fsp3) is 0.645. The highest BCUT2D eigenvalue weighted by Gasteiger charge is 2.29. The van der Waals surface area contributed by atoms with Gasteiger partial charge in [-0.05, 0) is 161 Å². The number of carbonyl (C=O) groups is 3. The number of phosphoric acid groups is 2. The summed E-state index contributed by atoms with van der Waals surface area (Å²) in [4.78, 5) is 58.8. The average Bonchev–Trinajstić information content (AvgIpc) is 0.900. The first-order valence-corrected chi connectivity index (χ1v) is 46.1. The van der Waals surface area contributed by atoms with Gasteiger partial charge in [-0.2, -0.15) is 0 Å². The molecule has 5 atom stereocenters. The van der Waals surface area contributed by atoms with E-state index in [2.05, 4.69) is 203 Å². The highest BCUT2D eigenvalue weighted by atomic mass is 31.2. The van der Waals surface area contributed by atoms with Crippen LogP contribution in [0.15, 0.2) is 182 Å². The Bertz CT molecular complexity index is 2750. The lowest BCUT2D eigenvalue weighted by Gasteiger charge is -2.21. The van der Waals surface area contributed by atoms with E-state index in [1.807, 2.05) is 0 Å². The minimum Gasteiger partial charge on any atom is -0.463 e. The van der Waals surface area contributed by atoms with Gasteiger partial charge in [0.1, 0.15) is 25.4 Å². The summed E-state index contributed by atoms with van der Waals surface area (Å²) in [6.45, 7) is 2.38. The molecule has 0 aliphatic heterocycles. The fourth-order valence-corrected chi connectivity index (χ4v) is 12.7. The second-order valence-corrected chi connectivity index (χ2v) is 31.1. The van der Waals surface area contributed by atoms with Gasteiger partial charge < -0.3 is 34.2 Å². The molecule has 4 N–H and O–H groups in total. The number of aliphatic hydroxyl groups excluding tert-OH is 2. The molecular weight excluding hydrogens is 1430 g/mol. The van der Waals surface area contributed by atoms with E-state index in [4.69, 9.17) is 32.3 Å². The highest BCUT2D eigenvalue weighted by Crippen LogP contribution is 2.45. The van der Waals surface area contributed by atoms with Crippen LogP contribution in [0.1, 0.15) is 329 Å². The van der Waals surface area contributed by atoms with Gasteiger partial charge in [-0.15, -0.1) is 0 Å². The first kappa shape index (κ1) is 106. The minimum atomic E-state index is -4.95. The molecule has 18 heteroatoms. The van der Waals surface area contributed by atoms with Crippen molar-refractivity contribution in [3.63, 3.8) is 0 Å². The largest absolute Gasteiger partial charge is 0.472 e. The monoisotopic (exact) mass is 1590 g/mol. The Hall–Kier alpha value is -5.35. The average molecular weight is 1590 g/mol. The van der Waals surface area contributed by atoms with Gasteiger partial charge in [-0.3, -0.25) is 32.5 Å².